The van der Waals surface area contributed by atoms with Crippen LogP contribution in [0.3, 0.4) is 0 Å². The summed E-state index contributed by atoms with van der Waals surface area (Å²) >= 11 is 0. The van der Waals surface area contributed by atoms with Gasteiger partial charge in [0.1, 0.15) is 11.2 Å². The van der Waals surface area contributed by atoms with Crippen LogP contribution in [0.2, 0.25) is 0 Å². The molecule has 2 aromatic heterocycles. The molecule has 0 aliphatic heterocycles. The van der Waals surface area contributed by atoms with Crippen LogP contribution in [-0.4, -0.2) is 4.98 Å². The summed E-state index contributed by atoms with van der Waals surface area (Å²) in [5.41, 5.74) is 8.54. The van der Waals surface area contributed by atoms with Crippen molar-refractivity contribution in [3.05, 3.63) is 89.6 Å². The van der Waals surface area contributed by atoms with Gasteiger partial charge in [-0.25, -0.2) is 0 Å². The van der Waals surface area contributed by atoms with Gasteiger partial charge < -0.3 is 4.42 Å². The molecule has 2 heterocycles. The number of pyridine rings is 1. The largest absolute Gasteiger partial charge is 0.455 e. The SMILES string of the molecule is CC(C)(C)Cc1ccc(-c2ccccn2)c2oc3c(-c4ccc(C(C)(C)C)cc4)c(C#N)ccc3c12. The quantitative estimate of drug-likeness (QED) is 0.263. The van der Waals surface area contributed by atoms with E-state index in [0.717, 1.165) is 50.7 Å². The highest BCUT2D eigenvalue weighted by Gasteiger charge is 2.23. The summed E-state index contributed by atoms with van der Waals surface area (Å²) < 4.78 is 6.73. The average molecular weight is 473 g/mol. The third kappa shape index (κ3) is 4.29. The molecule has 0 aliphatic carbocycles. The van der Waals surface area contributed by atoms with Gasteiger partial charge in [0.2, 0.25) is 0 Å². The number of hydrogen-bond donors (Lipinski definition) is 0. The molecule has 0 radical (unpaired) electrons. The molecule has 0 amide bonds. The van der Waals surface area contributed by atoms with E-state index < -0.39 is 0 Å². The molecule has 0 spiro atoms. The number of rotatable bonds is 3. The lowest BCUT2D eigenvalue weighted by Crippen LogP contribution is -2.10. The summed E-state index contributed by atoms with van der Waals surface area (Å²) in [7, 11) is 0. The predicted molar refractivity (Wildman–Crippen MR) is 149 cm³/mol. The summed E-state index contributed by atoms with van der Waals surface area (Å²) in [6.45, 7) is 13.4. The molecule has 3 heteroatoms. The second kappa shape index (κ2) is 8.64. The van der Waals surface area contributed by atoms with Crippen LogP contribution in [0.25, 0.3) is 44.3 Å². The zero-order chi connectivity index (χ0) is 25.7. The van der Waals surface area contributed by atoms with Crippen molar-refractivity contribution >= 4 is 21.9 Å². The van der Waals surface area contributed by atoms with Gasteiger partial charge in [0.15, 0.2) is 0 Å². The van der Waals surface area contributed by atoms with E-state index in [0.29, 0.717) is 5.56 Å². The van der Waals surface area contributed by atoms with Gasteiger partial charge in [-0.3, -0.25) is 4.98 Å². The monoisotopic (exact) mass is 472 g/mol. The van der Waals surface area contributed by atoms with Gasteiger partial charge in [-0.2, -0.15) is 5.26 Å². The third-order valence-corrected chi connectivity index (χ3v) is 6.70. The third-order valence-electron chi connectivity index (χ3n) is 6.70. The fraction of sp³-hybridized carbons (Fsp3) is 0.273. The van der Waals surface area contributed by atoms with Gasteiger partial charge >= 0.3 is 0 Å². The molecule has 3 nitrogen and oxygen atoms in total. The zero-order valence-electron chi connectivity index (χ0n) is 21.9. The predicted octanol–water partition coefficient (Wildman–Crippen LogP) is 9.07. The lowest BCUT2D eigenvalue weighted by atomic mass is 9.85. The Morgan fingerprint density at radius 3 is 2.19 bits per heavy atom. The first-order valence-electron chi connectivity index (χ1n) is 12.5. The molecule has 0 saturated heterocycles. The molecule has 0 bridgehead atoms. The highest BCUT2D eigenvalue weighted by Crippen LogP contribution is 2.43. The highest BCUT2D eigenvalue weighted by atomic mass is 16.3. The van der Waals surface area contributed by atoms with Crippen molar-refractivity contribution in [1.82, 2.24) is 4.98 Å². The van der Waals surface area contributed by atoms with E-state index in [2.05, 4.69) is 89.0 Å². The molecule has 0 unspecified atom stereocenters. The Morgan fingerprint density at radius 1 is 0.833 bits per heavy atom. The van der Waals surface area contributed by atoms with E-state index in [9.17, 15) is 5.26 Å². The van der Waals surface area contributed by atoms with Crippen LogP contribution in [0.4, 0.5) is 0 Å². The lowest BCUT2D eigenvalue weighted by Gasteiger charge is -2.19. The van der Waals surface area contributed by atoms with Crippen LogP contribution in [0.15, 0.2) is 77.3 Å². The number of furan rings is 1. The summed E-state index contributed by atoms with van der Waals surface area (Å²) in [4.78, 5) is 4.61. The standard InChI is InChI=1S/C33H32N2O/c1-32(2,3)19-22-12-16-25(27-9-7-8-18-35-27)30-29(22)26-17-13-23(20-34)28(31(26)36-30)21-10-14-24(15-11-21)33(4,5)6/h7-18H,19H2,1-6H3. The molecule has 0 N–H and O–H groups in total. The number of benzene rings is 3. The van der Waals surface area contributed by atoms with Crippen LogP contribution in [0, 0.1) is 16.7 Å². The van der Waals surface area contributed by atoms with Gasteiger partial charge in [-0.05, 0) is 64.3 Å². The molecule has 0 atom stereocenters. The fourth-order valence-electron chi connectivity index (χ4n) is 4.97. The molecular weight excluding hydrogens is 440 g/mol. The Hall–Kier alpha value is -3.90. The second-order valence-corrected chi connectivity index (χ2v) is 11.8. The van der Waals surface area contributed by atoms with Crippen molar-refractivity contribution in [1.29, 1.82) is 5.26 Å². The average Bonchev–Trinajstić information content (AvgIpc) is 3.23. The van der Waals surface area contributed by atoms with Crippen molar-refractivity contribution in [2.75, 3.05) is 0 Å². The van der Waals surface area contributed by atoms with E-state index in [1.165, 1.54) is 11.1 Å². The summed E-state index contributed by atoms with van der Waals surface area (Å²) in [5.74, 6) is 0. The molecular formula is C33H32N2O. The topological polar surface area (TPSA) is 49.8 Å². The minimum Gasteiger partial charge on any atom is -0.455 e. The maximum absolute atomic E-state index is 10.0. The van der Waals surface area contributed by atoms with Gasteiger partial charge in [-0.15, -0.1) is 0 Å². The smallest absolute Gasteiger partial charge is 0.145 e. The first-order chi connectivity index (χ1) is 17.1. The van der Waals surface area contributed by atoms with E-state index in [4.69, 9.17) is 4.42 Å². The zero-order valence-corrected chi connectivity index (χ0v) is 21.9. The molecule has 0 saturated carbocycles. The summed E-state index contributed by atoms with van der Waals surface area (Å²) in [6, 6.07) is 25.2. The number of aromatic nitrogens is 1. The molecule has 36 heavy (non-hydrogen) atoms. The van der Waals surface area contributed by atoms with Crippen molar-refractivity contribution in [2.45, 2.75) is 53.4 Å². The Balaban J connectivity index is 1.85. The first kappa shape index (κ1) is 23.8. The minimum atomic E-state index is 0.0569. The van der Waals surface area contributed by atoms with Gasteiger partial charge in [0.25, 0.3) is 0 Å². The Kier molecular flexibility index (Phi) is 5.72. The Labute approximate surface area is 213 Å². The number of nitriles is 1. The normalized spacial score (nSPS) is 12.2. The van der Waals surface area contributed by atoms with Gasteiger partial charge in [-0.1, -0.05) is 77.9 Å². The summed E-state index contributed by atoms with van der Waals surface area (Å²) in [5, 5.41) is 12.2. The molecule has 0 fully saturated rings. The molecule has 5 aromatic rings. The summed E-state index contributed by atoms with van der Waals surface area (Å²) in [6.07, 6.45) is 2.72. The molecule has 5 rings (SSSR count). The van der Waals surface area contributed by atoms with Crippen LogP contribution in [0.5, 0.6) is 0 Å². The van der Waals surface area contributed by atoms with Crippen molar-refractivity contribution in [3.63, 3.8) is 0 Å². The second-order valence-electron chi connectivity index (χ2n) is 11.8. The fourth-order valence-corrected chi connectivity index (χ4v) is 4.97. The maximum Gasteiger partial charge on any atom is 0.145 e. The highest BCUT2D eigenvalue weighted by molar-refractivity contribution is 6.15. The van der Waals surface area contributed by atoms with Gasteiger partial charge in [0.05, 0.1) is 17.3 Å². The van der Waals surface area contributed by atoms with Crippen LogP contribution in [0.1, 0.15) is 58.2 Å². The number of fused-ring (bicyclic) bond motifs is 3. The van der Waals surface area contributed by atoms with Crippen LogP contribution >= 0.6 is 0 Å². The number of hydrogen-bond acceptors (Lipinski definition) is 3. The minimum absolute atomic E-state index is 0.0569. The molecule has 180 valence electrons. The number of nitrogens with zero attached hydrogens (tertiary/aromatic N) is 2. The van der Waals surface area contributed by atoms with E-state index in [1.807, 2.05) is 36.5 Å². The molecule has 3 aromatic carbocycles. The van der Waals surface area contributed by atoms with E-state index in [1.54, 1.807) is 0 Å². The van der Waals surface area contributed by atoms with E-state index in [-0.39, 0.29) is 10.8 Å². The molecule has 0 aliphatic rings. The van der Waals surface area contributed by atoms with Crippen molar-refractivity contribution in [3.8, 4) is 28.5 Å². The Bertz CT molecular complexity index is 1600. The lowest BCUT2D eigenvalue weighted by molar-refractivity contribution is 0.412. The van der Waals surface area contributed by atoms with Gasteiger partial charge in [0, 0.05) is 28.1 Å². The first-order valence-corrected chi connectivity index (χ1v) is 12.5. The Morgan fingerprint density at radius 2 is 1.58 bits per heavy atom. The van der Waals surface area contributed by atoms with E-state index >= 15 is 0 Å². The van der Waals surface area contributed by atoms with Crippen LogP contribution < -0.4 is 0 Å². The van der Waals surface area contributed by atoms with Crippen molar-refractivity contribution < 1.29 is 4.42 Å². The van der Waals surface area contributed by atoms with Crippen molar-refractivity contribution in [2.24, 2.45) is 5.41 Å². The van der Waals surface area contributed by atoms with Crippen LogP contribution in [-0.2, 0) is 11.8 Å². The maximum atomic E-state index is 10.0.